The highest BCUT2D eigenvalue weighted by molar-refractivity contribution is 5.83. The van der Waals surface area contributed by atoms with Crippen LogP contribution >= 0.6 is 0 Å². The Kier molecular flexibility index (Phi) is 1.46. The molecule has 2 bridgehead atoms. The SMILES string of the molecule is O=C1CC[C@H](O)[C@@H]2[C@H]1[C@H]1C=C[C@@H]2C1. The van der Waals surface area contributed by atoms with Gasteiger partial charge in [0.2, 0.25) is 0 Å². The van der Waals surface area contributed by atoms with Gasteiger partial charge in [-0.25, -0.2) is 0 Å². The summed E-state index contributed by atoms with van der Waals surface area (Å²) in [7, 11) is 0. The molecule has 0 aromatic rings. The summed E-state index contributed by atoms with van der Waals surface area (Å²) in [5, 5.41) is 9.83. The Labute approximate surface area is 77.6 Å². The third kappa shape index (κ3) is 0.896. The first-order chi connectivity index (χ1) is 6.27. The fraction of sp³-hybridized carbons (Fsp3) is 0.727. The van der Waals surface area contributed by atoms with Crippen molar-refractivity contribution >= 4 is 5.78 Å². The van der Waals surface area contributed by atoms with Crippen molar-refractivity contribution in [1.82, 2.24) is 0 Å². The minimum Gasteiger partial charge on any atom is -0.393 e. The molecule has 5 atom stereocenters. The predicted octanol–water partition coefficient (Wildman–Crippen LogP) is 1.15. The summed E-state index contributed by atoms with van der Waals surface area (Å²) in [4.78, 5) is 11.7. The maximum absolute atomic E-state index is 11.7. The molecule has 0 spiro atoms. The van der Waals surface area contributed by atoms with Crippen molar-refractivity contribution in [2.45, 2.75) is 25.4 Å². The minimum atomic E-state index is -0.220. The van der Waals surface area contributed by atoms with Crippen LogP contribution in [0.15, 0.2) is 12.2 Å². The van der Waals surface area contributed by atoms with Gasteiger partial charge in [-0.1, -0.05) is 12.2 Å². The quantitative estimate of drug-likeness (QED) is 0.565. The van der Waals surface area contributed by atoms with Gasteiger partial charge in [0.05, 0.1) is 6.10 Å². The van der Waals surface area contributed by atoms with E-state index in [2.05, 4.69) is 12.2 Å². The van der Waals surface area contributed by atoms with E-state index in [4.69, 9.17) is 0 Å². The molecule has 0 saturated heterocycles. The summed E-state index contributed by atoms with van der Waals surface area (Å²) in [6.07, 6.45) is 6.56. The Bertz CT molecular complexity index is 282. The zero-order chi connectivity index (χ0) is 9.00. The lowest BCUT2D eigenvalue weighted by atomic mass is 9.71. The molecule has 2 heteroatoms. The van der Waals surface area contributed by atoms with Crippen LogP contribution in [0.1, 0.15) is 19.3 Å². The first-order valence-corrected chi connectivity index (χ1v) is 5.16. The molecular weight excluding hydrogens is 164 g/mol. The van der Waals surface area contributed by atoms with Crippen molar-refractivity contribution in [2.75, 3.05) is 0 Å². The normalized spacial score (nSPS) is 52.7. The molecule has 0 aromatic carbocycles. The van der Waals surface area contributed by atoms with Gasteiger partial charge in [0.1, 0.15) is 5.78 Å². The molecule has 3 rings (SSSR count). The van der Waals surface area contributed by atoms with Crippen LogP contribution in [0.4, 0.5) is 0 Å². The van der Waals surface area contributed by atoms with E-state index in [9.17, 15) is 9.90 Å². The Morgan fingerprint density at radius 2 is 2.08 bits per heavy atom. The van der Waals surface area contributed by atoms with Crippen LogP contribution in [0.5, 0.6) is 0 Å². The van der Waals surface area contributed by atoms with E-state index in [1.54, 1.807) is 0 Å². The number of carbonyl (C=O) groups excluding carboxylic acids is 1. The lowest BCUT2D eigenvalue weighted by Crippen LogP contribution is -2.40. The molecular formula is C11H14O2. The highest BCUT2D eigenvalue weighted by atomic mass is 16.3. The topological polar surface area (TPSA) is 37.3 Å². The Morgan fingerprint density at radius 3 is 2.85 bits per heavy atom. The molecule has 13 heavy (non-hydrogen) atoms. The van der Waals surface area contributed by atoms with Gasteiger partial charge >= 0.3 is 0 Å². The first kappa shape index (κ1) is 7.74. The average molecular weight is 178 g/mol. The summed E-state index contributed by atoms with van der Waals surface area (Å²) < 4.78 is 0. The smallest absolute Gasteiger partial charge is 0.137 e. The van der Waals surface area contributed by atoms with Crippen LogP contribution in [-0.2, 0) is 4.79 Å². The zero-order valence-corrected chi connectivity index (χ0v) is 7.52. The van der Waals surface area contributed by atoms with Crippen LogP contribution in [0.3, 0.4) is 0 Å². The monoisotopic (exact) mass is 178 g/mol. The van der Waals surface area contributed by atoms with Gasteiger partial charge < -0.3 is 5.11 Å². The third-order valence-electron chi connectivity index (χ3n) is 4.02. The van der Waals surface area contributed by atoms with E-state index in [1.165, 1.54) is 0 Å². The number of carbonyl (C=O) groups is 1. The fourth-order valence-corrected chi connectivity index (χ4v) is 3.49. The standard InChI is InChI=1S/C11H14O2/c12-8-3-4-9(13)11-7-2-1-6(5-7)10(8)11/h1-2,6-8,10-12H,3-5H2/t6-,7+,8+,10-,11+/m1/s1. The highest BCUT2D eigenvalue weighted by Crippen LogP contribution is 2.52. The van der Waals surface area contributed by atoms with Gasteiger partial charge in [-0.3, -0.25) is 4.79 Å². The number of Topliss-reactive ketones (excluding diaryl/α,β-unsaturated/α-hetero) is 1. The summed E-state index contributed by atoms with van der Waals surface area (Å²) in [5.41, 5.74) is 0. The number of ketones is 1. The molecule has 0 heterocycles. The van der Waals surface area contributed by atoms with Gasteiger partial charge in [-0.2, -0.15) is 0 Å². The van der Waals surface area contributed by atoms with Crippen molar-refractivity contribution < 1.29 is 9.90 Å². The van der Waals surface area contributed by atoms with E-state index >= 15 is 0 Å². The Hall–Kier alpha value is -0.630. The number of hydrogen-bond acceptors (Lipinski definition) is 2. The highest BCUT2D eigenvalue weighted by Gasteiger charge is 2.52. The number of aliphatic hydroxyl groups excluding tert-OH is 1. The molecule has 70 valence electrons. The van der Waals surface area contributed by atoms with Crippen LogP contribution < -0.4 is 0 Å². The Balaban J connectivity index is 1.98. The molecule has 2 nitrogen and oxygen atoms in total. The summed E-state index contributed by atoms with van der Waals surface area (Å²) in [5.74, 6) is 1.77. The van der Waals surface area contributed by atoms with Crippen LogP contribution in [-0.4, -0.2) is 17.0 Å². The van der Waals surface area contributed by atoms with Crippen LogP contribution in [0, 0.1) is 23.7 Å². The molecule has 2 fully saturated rings. The second-order valence-corrected chi connectivity index (χ2v) is 4.62. The van der Waals surface area contributed by atoms with E-state index in [1.807, 2.05) is 0 Å². The second-order valence-electron chi connectivity index (χ2n) is 4.62. The number of aliphatic hydroxyl groups is 1. The van der Waals surface area contributed by atoms with E-state index in [0.29, 0.717) is 30.5 Å². The first-order valence-electron chi connectivity index (χ1n) is 5.16. The molecule has 0 unspecified atom stereocenters. The second kappa shape index (κ2) is 2.44. The number of rotatable bonds is 0. The molecule has 0 amide bonds. The van der Waals surface area contributed by atoms with Crippen molar-refractivity contribution in [3.63, 3.8) is 0 Å². The molecule has 0 aromatic heterocycles. The van der Waals surface area contributed by atoms with E-state index in [-0.39, 0.29) is 17.9 Å². The van der Waals surface area contributed by atoms with Crippen LogP contribution in [0.2, 0.25) is 0 Å². The van der Waals surface area contributed by atoms with Gasteiger partial charge in [0.15, 0.2) is 0 Å². The number of hydrogen-bond donors (Lipinski definition) is 1. The molecule has 0 aliphatic heterocycles. The van der Waals surface area contributed by atoms with E-state index < -0.39 is 0 Å². The molecule has 2 saturated carbocycles. The Morgan fingerprint density at radius 1 is 1.31 bits per heavy atom. The van der Waals surface area contributed by atoms with Gasteiger partial charge in [-0.05, 0) is 24.7 Å². The minimum absolute atomic E-state index is 0.166. The van der Waals surface area contributed by atoms with Crippen molar-refractivity contribution in [3.05, 3.63) is 12.2 Å². The molecule has 0 radical (unpaired) electrons. The van der Waals surface area contributed by atoms with Gasteiger partial charge in [0.25, 0.3) is 0 Å². The van der Waals surface area contributed by atoms with Gasteiger partial charge in [-0.15, -0.1) is 0 Å². The average Bonchev–Trinajstić information content (AvgIpc) is 2.70. The summed E-state index contributed by atoms with van der Waals surface area (Å²) in [6.45, 7) is 0. The predicted molar refractivity (Wildman–Crippen MR) is 48.0 cm³/mol. The fourth-order valence-electron chi connectivity index (χ4n) is 3.49. The number of fused-ring (bicyclic) bond motifs is 5. The van der Waals surface area contributed by atoms with E-state index in [0.717, 1.165) is 6.42 Å². The maximum Gasteiger partial charge on any atom is 0.137 e. The van der Waals surface area contributed by atoms with Crippen molar-refractivity contribution in [3.8, 4) is 0 Å². The molecule has 3 aliphatic carbocycles. The zero-order valence-electron chi connectivity index (χ0n) is 7.52. The van der Waals surface area contributed by atoms with Crippen molar-refractivity contribution in [2.24, 2.45) is 23.7 Å². The lowest BCUT2D eigenvalue weighted by molar-refractivity contribution is -0.131. The lowest BCUT2D eigenvalue weighted by Gasteiger charge is -2.35. The van der Waals surface area contributed by atoms with Gasteiger partial charge in [0, 0.05) is 18.3 Å². The maximum atomic E-state index is 11.7. The summed E-state index contributed by atoms with van der Waals surface area (Å²) >= 11 is 0. The summed E-state index contributed by atoms with van der Waals surface area (Å²) in [6, 6.07) is 0. The number of allylic oxidation sites excluding steroid dienone is 2. The molecule has 3 aliphatic rings. The third-order valence-corrected chi connectivity index (χ3v) is 4.02. The molecule has 1 N–H and O–H groups in total. The largest absolute Gasteiger partial charge is 0.393 e. The van der Waals surface area contributed by atoms with Crippen molar-refractivity contribution in [1.29, 1.82) is 0 Å². The van der Waals surface area contributed by atoms with Crippen LogP contribution in [0.25, 0.3) is 0 Å².